The summed E-state index contributed by atoms with van der Waals surface area (Å²) in [6, 6.07) is 20.9. The Morgan fingerprint density at radius 2 is 1.12 bits per heavy atom. The van der Waals surface area contributed by atoms with Crippen LogP contribution in [-0.4, -0.2) is 40.9 Å². The first-order valence-corrected chi connectivity index (χ1v) is 27.9. The number of benzene rings is 2. The van der Waals surface area contributed by atoms with Gasteiger partial charge in [0.25, 0.3) is 0 Å². The molecule has 2 aromatic rings. The van der Waals surface area contributed by atoms with Gasteiger partial charge >= 0.3 is 0 Å². The molecule has 3 atom stereocenters. The molecule has 0 aliphatic carbocycles. The summed E-state index contributed by atoms with van der Waals surface area (Å²) in [7, 11) is -4.84. The van der Waals surface area contributed by atoms with Gasteiger partial charge in [0.05, 0.1) is 34.5 Å². The van der Waals surface area contributed by atoms with E-state index < -0.39 is 35.2 Å². The van der Waals surface area contributed by atoms with Crippen LogP contribution in [-0.2, 0) is 10.0 Å². The normalized spacial score (nSPS) is 17.3. The maximum atomic E-state index is 11.7. The minimum atomic E-state index is -2.05. The molecule has 0 bridgehead atoms. The summed E-state index contributed by atoms with van der Waals surface area (Å²) in [4.78, 5) is 0. The Morgan fingerprint density at radius 3 is 1.52 bits per heavy atom. The zero-order valence-corrected chi connectivity index (χ0v) is 27.0. The van der Waals surface area contributed by atoms with Gasteiger partial charge in [-0.3, -0.25) is 0 Å². The van der Waals surface area contributed by atoms with E-state index in [1.54, 1.807) is 0 Å². The van der Waals surface area contributed by atoms with Crippen molar-refractivity contribution in [2.45, 2.75) is 96.8 Å². The molecule has 0 heterocycles. The van der Waals surface area contributed by atoms with E-state index in [0.29, 0.717) is 6.42 Å². The van der Waals surface area contributed by atoms with Crippen molar-refractivity contribution >= 4 is 29.6 Å². The Bertz CT molecular complexity index is 842. The predicted octanol–water partition coefficient (Wildman–Crippen LogP) is 7.67. The molecule has 184 valence electrons. The standard InChI is InChI=1S/C27H48O2Si4/c1-23(24-18-14-12-15-19-24)26(22-27(2,28)25-20-16-13-17-21-25)29-33(30(3,4)5,31(6,7)8)32(9,10)11/h12-21,23,26,28H,22H2,1-11H3/t23-,26-,27-/m1/s1. The largest absolute Gasteiger partial charge is 0.422 e. The van der Waals surface area contributed by atoms with Crippen molar-refractivity contribution < 1.29 is 9.53 Å². The Hall–Kier alpha value is -0.772. The summed E-state index contributed by atoms with van der Waals surface area (Å²) in [6.45, 7) is 25.3. The second-order valence-corrected chi connectivity index (χ2v) is 52.6. The second kappa shape index (κ2) is 10.1. The van der Waals surface area contributed by atoms with Crippen LogP contribution in [0.2, 0.25) is 58.9 Å². The van der Waals surface area contributed by atoms with Gasteiger partial charge in [-0.2, -0.15) is 0 Å². The van der Waals surface area contributed by atoms with Gasteiger partial charge in [0, 0.05) is 12.3 Å². The molecule has 33 heavy (non-hydrogen) atoms. The van der Waals surface area contributed by atoms with Crippen LogP contribution in [0, 0.1) is 0 Å². The lowest BCUT2D eigenvalue weighted by Crippen LogP contribution is -2.85. The highest BCUT2D eigenvalue weighted by Crippen LogP contribution is 2.43. The first kappa shape index (κ1) is 28.5. The quantitative estimate of drug-likeness (QED) is 0.328. The fourth-order valence-corrected chi connectivity index (χ4v) is 101. The van der Waals surface area contributed by atoms with Gasteiger partial charge in [0.1, 0.15) is 0 Å². The average Bonchev–Trinajstić information content (AvgIpc) is 2.69. The Kier molecular flexibility index (Phi) is 8.69. The Labute approximate surface area is 207 Å². The first-order valence-electron chi connectivity index (χ1n) is 12.4. The van der Waals surface area contributed by atoms with E-state index in [1.807, 2.05) is 37.3 Å². The molecular formula is C27H48O2Si4. The van der Waals surface area contributed by atoms with Crippen molar-refractivity contribution in [3.63, 3.8) is 0 Å². The second-order valence-electron chi connectivity index (χ2n) is 13.1. The van der Waals surface area contributed by atoms with E-state index >= 15 is 0 Å². The van der Waals surface area contributed by atoms with Crippen LogP contribution in [0.5, 0.6) is 0 Å². The van der Waals surface area contributed by atoms with E-state index in [1.165, 1.54) is 5.56 Å². The van der Waals surface area contributed by atoms with Crippen LogP contribution >= 0.6 is 0 Å². The fraction of sp³-hybridized carbons (Fsp3) is 0.556. The highest BCUT2D eigenvalue weighted by molar-refractivity contribution is 7.87. The highest BCUT2D eigenvalue weighted by Gasteiger charge is 2.64. The number of hydrogen-bond acceptors (Lipinski definition) is 2. The van der Waals surface area contributed by atoms with Gasteiger partial charge in [-0.15, -0.1) is 0 Å². The molecule has 0 radical (unpaired) electrons. The number of hydrogen-bond donors (Lipinski definition) is 1. The third-order valence-electron chi connectivity index (χ3n) is 7.37. The molecule has 0 aliphatic rings. The molecule has 0 aliphatic heterocycles. The van der Waals surface area contributed by atoms with Crippen LogP contribution in [0.4, 0.5) is 0 Å². The molecule has 2 aromatic carbocycles. The maximum Gasteiger partial charge on any atom is 0.158 e. The lowest BCUT2D eigenvalue weighted by Gasteiger charge is -2.58. The average molecular weight is 517 g/mol. The van der Waals surface area contributed by atoms with Crippen molar-refractivity contribution in [3.8, 4) is 0 Å². The molecular weight excluding hydrogens is 469 g/mol. The van der Waals surface area contributed by atoms with E-state index in [2.05, 4.69) is 96.2 Å². The maximum absolute atomic E-state index is 11.7. The van der Waals surface area contributed by atoms with Gasteiger partial charge in [0.2, 0.25) is 0 Å². The van der Waals surface area contributed by atoms with Gasteiger partial charge in [0.15, 0.2) is 6.87 Å². The molecule has 2 rings (SSSR count). The minimum Gasteiger partial charge on any atom is -0.422 e. The minimum absolute atomic E-state index is 0.0144. The van der Waals surface area contributed by atoms with Crippen molar-refractivity contribution in [2.75, 3.05) is 0 Å². The molecule has 0 amide bonds. The highest BCUT2D eigenvalue weighted by atomic mass is 29.9. The lowest BCUT2D eigenvalue weighted by atomic mass is 9.84. The SMILES string of the molecule is C[C@H](c1ccccc1)[C@@H](C[C@@](C)(O)c1ccccc1)O[Si]([Si](C)(C)C)([Si](C)(C)C)[Si](C)(C)C. The van der Waals surface area contributed by atoms with Crippen LogP contribution in [0.3, 0.4) is 0 Å². The summed E-state index contributed by atoms with van der Waals surface area (Å²) >= 11 is 0. The molecule has 0 fully saturated rings. The third-order valence-corrected chi connectivity index (χ3v) is 74.9. The van der Waals surface area contributed by atoms with E-state index in [-0.39, 0.29) is 12.0 Å². The lowest BCUT2D eigenvalue weighted by molar-refractivity contribution is 0.00137. The summed E-state index contributed by atoms with van der Waals surface area (Å²) in [5.74, 6) is 0.220. The van der Waals surface area contributed by atoms with Crippen molar-refractivity contribution in [1.29, 1.82) is 0 Å². The molecule has 0 saturated carbocycles. The van der Waals surface area contributed by atoms with Gasteiger partial charge in [-0.05, 0) is 18.1 Å². The smallest absolute Gasteiger partial charge is 0.158 e. The van der Waals surface area contributed by atoms with Gasteiger partial charge < -0.3 is 9.53 Å². The molecule has 0 aromatic heterocycles. The summed E-state index contributed by atoms with van der Waals surface area (Å²) in [5, 5.41) is 11.7. The molecule has 0 saturated heterocycles. The first-order chi connectivity index (χ1) is 14.9. The van der Waals surface area contributed by atoms with Crippen molar-refractivity contribution in [3.05, 3.63) is 71.8 Å². The summed E-state index contributed by atoms with van der Waals surface area (Å²) in [6.07, 6.45) is 0.598. The zero-order valence-electron chi connectivity index (χ0n) is 23.0. The Morgan fingerprint density at radius 1 is 0.727 bits per heavy atom. The molecule has 0 unspecified atom stereocenters. The van der Waals surface area contributed by atoms with Crippen LogP contribution < -0.4 is 0 Å². The molecule has 0 spiro atoms. The monoisotopic (exact) mass is 516 g/mol. The van der Waals surface area contributed by atoms with E-state index in [9.17, 15) is 5.11 Å². The van der Waals surface area contributed by atoms with Crippen LogP contribution in [0.1, 0.15) is 37.3 Å². The van der Waals surface area contributed by atoms with Crippen molar-refractivity contribution in [2.24, 2.45) is 0 Å². The summed E-state index contributed by atoms with van der Waals surface area (Å²) in [5.41, 5.74) is 1.34. The third kappa shape index (κ3) is 6.08. The Balaban J connectivity index is 2.65. The number of rotatable bonds is 10. The number of aliphatic hydroxyl groups is 1. The van der Waals surface area contributed by atoms with Crippen molar-refractivity contribution in [1.82, 2.24) is 0 Å². The predicted molar refractivity (Wildman–Crippen MR) is 156 cm³/mol. The topological polar surface area (TPSA) is 29.5 Å². The molecule has 2 nitrogen and oxygen atoms in total. The van der Waals surface area contributed by atoms with E-state index in [0.717, 1.165) is 5.56 Å². The summed E-state index contributed by atoms with van der Waals surface area (Å²) < 4.78 is 7.77. The van der Waals surface area contributed by atoms with Gasteiger partial charge in [-0.1, -0.05) is 127 Å². The molecule has 1 N–H and O–H groups in total. The fourth-order valence-electron chi connectivity index (χ4n) is 6.73. The van der Waals surface area contributed by atoms with Gasteiger partial charge in [-0.25, -0.2) is 0 Å². The van der Waals surface area contributed by atoms with Crippen LogP contribution in [0.25, 0.3) is 0 Å². The van der Waals surface area contributed by atoms with Crippen LogP contribution in [0.15, 0.2) is 60.7 Å². The molecule has 6 heteroatoms. The van der Waals surface area contributed by atoms with E-state index in [4.69, 9.17) is 4.43 Å². The zero-order chi connectivity index (χ0) is 25.3.